The highest BCUT2D eigenvalue weighted by Gasteiger charge is 2.09. The fraction of sp³-hybridized carbons (Fsp3) is 0.200. The Morgan fingerprint density at radius 1 is 1.50 bits per heavy atom. The maximum absolute atomic E-state index is 5.83. The lowest BCUT2D eigenvalue weighted by Crippen LogP contribution is -1.85. The molecule has 2 aromatic rings. The summed E-state index contributed by atoms with van der Waals surface area (Å²) in [5, 5.41) is 1.06. The van der Waals surface area contributed by atoms with Gasteiger partial charge >= 0.3 is 0 Å². The zero-order valence-electron chi connectivity index (χ0n) is 7.60. The molecule has 0 spiro atoms. The third-order valence-electron chi connectivity index (χ3n) is 2.15. The molecule has 1 aromatic carbocycles. The lowest BCUT2D eigenvalue weighted by Gasteiger charge is -2.04. The number of hydrogen-bond acceptors (Lipinski definition) is 1. The highest BCUT2D eigenvalue weighted by atomic mass is 79.9. The molecule has 0 unspecified atom stereocenters. The van der Waals surface area contributed by atoms with Gasteiger partial charge < -0.3 is 9.72 Å². The van der Waals surface area contributed by atoms with E-state index in [-0.39, 0.29) is 0 Å². The monoisotopic (exact) mass is 273 g/mol. The largest absolute Gasteiger partial charge is 0.496 e. The van der Waals surface area contributed by atoms with E-state index in [1.165, 1.54) is 0 Å². The molecule has 14 heavy (non-hydrogen) atoms. The van der Waals surface area contributed by atoms with E-state index in [0.717, 1.165) is 26.7 Å². The van der Waals surface area contributed by atoms with Crippen LogP contribution in [0.25, 0.3) is 10.9 Å². The molecule has 1 aromatic heterocycles. The maximum atomic E-state index is 5.83. The topological polar surface area (TPSA) is 25.0 Å². The van der Waals surface area contributed by atoms with Gasteiger partial charge in [0.25, 0.3) is 0 Å². The van der Waals surface area contributed by atoms with E-state index >= 15 is 0 Å². The van der Waals surface area contributed by atoms with Crippen LogP contribution >= 0.6 is 27.5 Å². The zero-order valence-corrected chi connectivity index (χ0v) is 9.95. The summed E-state index contributed by atoms with van der Waals surface area (Å²) in [7, 11) is 1.66. The number of hydrogen-bond donors (Lipinski definition) is 1. The van der Waals surface area contributed by atoms with Gasteiger partial charge in [0.2, 0.25) is 0 Å². The van der Waals surface area contributed by atoms with Crippen molar-refractivity contribution >= 4 is 38.4 Å². The van der Waals surface area contributed by atoms with Crippen LogP contribution in [-0.4, -0.2) is 12.1 Å². The Kier molecular flexibility index (Phi) is 2.70. The molecule has 0 atom stereocenters. The highest BCUT2D eigenvalue weighted by molar-refractivity contribution is 9.10. The van der Waals surface area contributed by atoms with Crippen molar-refractivity contribution in [3.8, 4) is 5.75 Å². The first-order valence-electron chi connectivity index (χ1n) is 4.15. The van der Waals surface area contributed by atoms with Gasteiger partial charge in [-0.2, -0.15) is 0 Å². The summed E-state index contributed by atoms with van der Waals surface area (Å²) < 4.78 is 6.29. The number of fused-ring (bicyclic) bond motifs is 1. The first-order valence-corrected chi connectivity index (χ1v) is 5.48. The summed E-state index contributed by atoms with van der Waals surface area (Å²) >= 11 is 9.25. The Labute approximate surface area is 95.3 Å². The minimum absolute atomic E-state index is 0.484. The van der Waals surface area contributed by atoms with E-state index in [9.17, 15) is 0 Å². The van der Waals surface area contributed by atoms with Crippen molar-refractivity contribution in [3.63, 3.8) is 0 Å². The van der Waals surface area contributed by atoms with Gasteiger partial charge in [-0.15, -0.1) is 11.6 Å². The van der Waals surface area contributed by atoms with Gasteiger partial charge in [0.1, 0.15) is 5.75 Å². The predicted octanol–water partition coefficient (Wildman–Crippen LogP) is 3.68. The second-order valence-electron chi connectivity index (χ2n) is 2.98. The smallest absolute Gasteiger partial charge is 0.129 e. The van der Waals surface area contributed by atoms with Crippen LogP contribution < -0.4 is 4.74 Å². The van der Waals surface area contributed by atoms with Crippen LogP contribution in [0.5, 0.6) is 5.75 Å². The lowest BCUT2D eigenvalue weighted by molar-refractivity contribution is 0.419. The first kappa shape index (κ1) is 9.87. The number of methoxy groups -OCH3 is 1. The minimum atomic E-state index is 0.484. The third-order valence-corrected chi connectivity index (χ3v) is 2.90. The fourth-order valence-corrected chi connectivity index (χ4v) is 2.18. The Bertz CT molecular complexity index is 466. The van der Waals surface area contributed by atoms with Gasteiger partial charge in [-0.1, -0.05) is 15.9 Å². The van der Waals surface area contributed by atoms with E-state index in [1.807, 2.05) is 18.3 Å². The van der Waals surface area contributed by atoms with Crippen LogP contribution in [0, 0.1) is 0 Å². The summed E-state index contributed by atoms with van der Waals surface area (Å²) in [5.74, 6) is 1.32. The second-order valence-corrected chi connectivity index (χ2v) is 4.16. The number of nitrogens with one attached hydrogen (secondary N) is 1. The SMILES string of the molecule is COc1cc(Br)cc2[nH]cc(CCl)c12. The van der Waals surface area contributed by atoms with Crippen LogP contribution in [0.3, 0.4) is 0 Å². The summed E-state index contributed by atoms with van der Waals surface area (Å²) in [6.07, 6.45) is 1.91. The summed E-state index contributed by atoms with van der Waals surface area (Å²) in [5.41, 5.74) is 2.10. The molecule has 0 radical (unpaired) electrons. The van der Waals surface area contributed by atoms with Crippen molar-refractivity contribution in [3.05, 3.63) is 28.4 Å². The summed E-state index contributed by atoms with van der Waals surface area (Å²) in [6.45, 7) is 0. The molecule has 0 saturated carbocycles. The quantitative estimate of drug-likeness (QED) is 0.830. The van der Waals surface area contributed by atoms with Crippen molar-refractivity contribution in [2.24, 2.45) is 0 Å². The van der Waals surface area contributed by atoms with Crippen molar-refractivity contribution in [2.75, 3.05) is 7.11 Å². The molecule has 0 saturated heterocycles. The van der Waals surface area contributed by atoms with E-state index in [2.05, 4.69) is 20.9 Å². The molecular formula is C10H9BrClNO. The zero-order chi connectivity index (χ0) is 10.1. The average Bonchev–Trinajstić information content (AvgIpc) is 2.59. The lowest BCUT2D eigenvalue weighted by atomic mass is 10.2. The Balaban J connectivity index is 2.78. The van der Waals surface area contributed by atoms with Crippen LogP contribution in [0.4, 0.5) is 0 Å². The Hall–Kier alpha value is -0.670. The number of ether oxygens (including phenoxy) is 1. The number of aromatic nitrogens is 1. The molecule has 2 nitrogen and oxygen atoms in total. The number of aromatic amines is 1. The fourth-order valence-electron chi connectivity index (χ4n) is 1.53. The van der Waals surface area contributed by atoms with E-state index in [4.69, 9.17) is 16.3 Å². The van der Waals surface area contributed by atoms with Crippen LogP contribution in [0.15, 0.2) is 22.8 Å². The molecule has 1 heterocycles. The number of halogens is 2. The van der Waals surface area contributed by atoms with Gasteiger partial charge in [-0.05, 0) is 17.7 Å². The van der Waals surface area contributed by atoms with E-state index in [1.54, 1.807) is 7.11 Å². The molecule has 4 heteroatoms. The number of rotatable bonds is 2. The predicted molar refractivity (Wildman–Crippen MR) is 62.1 cm³/mol. The standard InChI is InChI=1S/C10H9BrClNO/c1-14-9-3-7(11)2-8-10(9)6(4-12)5-13-8/h2-3,5,13H,4H2,1H3. The van der Waals surface area contributed by atoms with Gasteiger partial charge in [-0.25, -0.2) is 0 Å². The highest BCUT2D eigenvalue weighted by Crippen LogP contribution is 2.32. The molecule has 0 bridgehead atoms. The third kappa shape index (κ3) is 1.51. The molecule has 0 fully saturated rings. The molecule has 2 rings (SSSR count). The first-order chi connectivity index (χ1) is 6.76. The summed E-state index contributed by atoms with van der Waals surface area (Å²) in [4.78, 5) is 3.16. The van der Waals surface area contributed by atoms with Crippen molar-refractivity contribution in [1.29, 1.82) is 0 Å². The molecule has 0 aliphatic heterocycles. The van der Waals surface area contributed by atoms with Gasteiger partial charge in [0, 0.05) is 21.9 Å². The van der Waals surface area contributed by atoms with Crippen LogP contribution in [0.2, 0.25) is 0 Å². The molecule has 0 aliphatic rings. The van der Waals surface area contributed by atoms with Crippen molar-refractivity contribution in [2.45, 2.75) is 5.88 Å². The normalized spacial score (nSPS) is 10.8. The number of alkyl halides is 1. The molecule has 1 N–H and O–H groups in total. The summed E-state index contributed by atoms with van der Waals surface area (Å²) in [6, 6.07) is 3.94. The Morgan fingerprint density at radius 3 is 2.93 bits per heavy atom. The molecule has 74 valence electrons. The van der Waals surface area contributed by atoms with Gasteiger partial charge in [0.05, 0.1) is 12.6 Å². The van der Waals surface area contributed by atoms with Crippen LogP contribution in [-0.2, 0) is 5.88 Å². The molecular weight excluding hydrogens is 265 g/mol. The minimum Gasteiger partial charge on any atom is -0.496 e. The number of H-pyrrole nitrogens is 1. The Morgan fingerprint density at radius 2 is 2.29 bits per heavy atom. The molecule has 0 amide bonds. The van der Waals surface area contributed by atoms with Gasteiger partial charge in [-0.3, -0.25) is 0 Å². The van der Waals surface area contributed by atoms with Crippen molar-refractivity contribution < 1.29 is 4.74 Å². The maximum Gasteiger partial charge on any atom is 0.129 e. The van der Waals surface area contributed by atoms with Crippen LogP contribution in [0.1, 0.15) is 5.56 Å². The number of benzene rings is 1. The van der Waals surface area contributed by atoms with E-state index in [0.29, 0.717) is 5.88 Å². The second kappa shape index (κ2) is 3.83. The molecule has 0 aliphatic carbocycles. The van der Waals surface area contributed by atoms with Gasteiger partial charge in [0.15, 0.2) is 0 Å². The average molecular weight is 275 g/mol. The van der Waals surface area contributed by atoms with Crippen molar-refractivity contribution in [1.82, 2.24) is 4.98 Å². The van der Waals surface area contributed by atoms with E-state index < -0.39 is 0 Å².